The second-order valence-electron chi connectivity index (χ2n) is 4.12. The molecule has 0 atom stereocenters. The van der Waals surface area contributed by atoms with Gasteiger partial charge in [0.2, 0.25) is 5.88 Å². The van der Waals surface area contributed by atoms with Crippen LogP contribution in [-0.4, -0.2) is 48.2 Å². The summed E-state index contributed by atoms with van der Waals surface area (Å²) in [5.74, 6) is -0.809. The molecule has 1 heterocycles. The summed E-state index contributed by atoms with van der Waals surface area (Å²) in [4.78, 5) is 17.1. The number of hydrogen-bond acceptors (Lipinski definition) is 4. The van der Waals surface area contributed by atoms with Crippen LogP contribution in [-0.2, 0) is 0 Å². The van der Waals surface area contributed by atoms with Crippen LogP contribution in [0.2, 0.25) is 0 Å². The number of hydrogen-bond donors (Lipinski definition) is 1. The number of carbonyl (C=O) groups is 1. The maximum atomic E-state index is 10.9. The lowest BCUT2D eigenvalue weighted by Gasteiger charge is -2.11. The number of aromatic carboxylic acids is 1. The van der Waals surface area contributed by atoms with E-state index in [1.165, 1.54) is 6.07 Å². The molecule has 0 saturated heterocycles. The van der Waals surface area contributed by atoms with Gasteiger partial charge < -0.3 is 14.7 Å². The Labute approximate surface area is 101 Å². The SMILES string of the molecule is Cc1ccc(C(=O)O)c(OCCCN(C)C)n1. The van der Waals surface area contributed by atoms with E-state index in [2.05, 4.69) is 4.98 Å². The first-order valence-corrected chi connectivity index (χ1v) is 5.49. The Morgan fingerprint density at radius 2 is 2.18 bits per heavy atom. The second-order valence-corrected chi connectivity index (χ2v) is 4.12. The smallest absolute Gasteiger partial charge is 0.341 e. The minimum Gasteiger partial charge on any atom is -0.477 e. The molecule has 0 aliphatic carbocycles. The molecule has 5 heteroatoms. The monoisotopic (exact) mass is 238 g/mol. The molecule has 0 radical (unpaired) electrons. The molecule has 1 aromatic heterocycles. The molecule has 0 bridgehead atoms. The molecular formula is C12H18N2O3. The number of ether oxygens (including phenoxy) is 1. The number of carboxylic acids is 1. The Balaban J connectivity index is 2.62. The fourth-order valence-electron chi connectivity index (χ4n) is 1.36. The minimum atomic E-state index is -1.01. The Bertz CT molecular complexity index is 391. The van der Waals surface area contributed by atoms with E-state index in [1.54, 1.807) is 13.0 Å². The Kier molecular flexibility index (Phi) is 4.90. The first kappa shape index (κ1) is 13.4. The standard InChI is InChI=1S/C12H18N2O3/c1-9-5-6-10(12(15)16)11(13-9)17-8-4-7-14(2)3/h5-6H,4,7-8H2,1-3H3,(H,15,16). The van der Waals surface area contributed by atoms with E-state index in [0.717, 1.165) is 18.7 Å². The van der Waals surface area contributed by atoms with Gasteiger partial charge in [0.05, 0.1) is 6.61 Å². The van der Waals surface area contributed by atoms with E-state index in [1.807, 2.05) is 19.0 Å². The molecule has 0 saturated carbocycles. The van der Waals surface area contributed by atoms with Crippen molar-refractivity contribution in [3.63, 3.8) is 0 Å². The largest absolute Gasteiger partial charge is 0.477 e. The molecule has 0 spiro atoms. The molecular weight excluding hydrogens is 220 g/mol. The van der Waals surface area contributed by atoms with Crippen molar-refractivity contribution in [2.45, 2.75) is 13.3 Å². The van der Waals surface area contributed by atoms with E-state index in [-0.39, 0.29) is 11.4 Å². The molecule has 0 amide bonds. The number of rotatable bonds is 6. The van der Waals surface area contributed by atoms with Crippen LogP contribution < -0.4 is 4.74 Å². The predicted octanol–water partition coefficient (Wildman–Crippen LogP) is 1.42. The highest BCUT2D eigenvalue weighted by Crippen LogP contribution is 2.16. The summed E-state index contributed by atoms with van der Waals surface area (Å²) < 4.78 is 5.41. The summed E-state index contributed by atoms with van der Waals surface area (Å²) in [6.07, 6.45) is 0.835. The molecule has 94 valence electrons. The molecule has 0 aliphatic rings. The van der Waals surface area contributed by atoms with Gasteiger partial charge in [-0.1, -0.05) is 0 Å². The van der Waals surface area contributed by atoms with Crippen molar-refractivity contribution < 1.29 is 14.6 Å². The Morgan fingerprint density at radius 1 is 1.47 bits per heavy atom. The van der Waals surface area contributed by atoms with Crippen molar-refractivity contribution in [2.24, 2.45) is 0 Å². The highest BCUT2D eigenvalue weighted by Gasteiger charge is 2.12. The van der Waals surface area contributed by atoms with Crippen LogP contribution in [0.5, 0.6) is 5.88 Å². The van der Waals surface area contributed by atoms with E-state index in [9.17, 15) is 4.79 Å². The first-order valence-electron chi connectivity index (χ1n) is 5.49. The lowest BCUT2D eigenvalue weighted by atomic mass is 10.2. The van der Waals surface area contributed by atoms with Crippen LogP contribution in [0.1, 0.15) is 22.5 Å². The minimum absolute atomic E-state index is 0.112. The molecule has 5 nitrogen and oxygen atoms in total. The third-order valence-electron chi connectivity index (χ3n) is 2.22. The van der Waals surface area contributed by atoms with Crippen LogP contribution in [0.25, 0.3) is 0 Å². The number of pyridine rings is 1. The fourth-order valence-corrected chi connectivity index (χ4v) is 1.36. The zero-order valence-corrected chi connectivity index (χ0v) is 10.4. The highest BCUT2D eigenvalue weighted by molar-refractivity contribution is 5.90. The number of carboxylic acid groups (broad SMARTS) is 1. The van der Waals surface area contributed by atoms with Crippen LogP contribution in [0.4, 0.5) is 0 Å². The average molecular weight is 238 g/mol. The van der Waals surface area contributed by atoms with Crippen LogP contribution in [0.15, 0.2) is 12.1 Å². The van der Waals surface area contributed by atoms with Crippen LogP contribution >= 0.6 is 0 Å². The first-order chi connectivity index (χ1) is 8.00. The maximum absolute atomic E-state index is 10.9. The summed E-state index contributed by atoms with van der Waals surface area (Å²) >= 11 is 0. The van der Waals surface area contributed by atoms with Crippen molar-refractivity contribution in [1.29, 1.82) is 0 Å². The van der Waals surface area contributed by atoms with Gasteiger partial charge >= 0.3 is 5.97 Å². The number of aromatic nitrogens is 1. The van der Waals surface area contributed by atoms with E-state index >= 15 is 0 Å². The van der Waals surface area contributed by atoms with Gasteiger partial charge in [0, 0.05) is 12.2 Å². The second kappa shape index (κ2) is 6.20. The lowest BCUT2D eigenvalue weighted by molar-refractivity contribution is 0.0691. The Morgan fingerprint density at radius 3 is 2.76 bits per heavy atom. The van der Waals surface area contributed by atoms with Gasteiger partial charge in [-0.3, -0.25) is 0 Å². The van der Waals surface area contributed by atoms with E-state index in [4.69, 9.17) is 9.84 Å². The summed E-state index contributed by atoms with van der Waals surface area (Å²) in [5, 5.41) is 8.97. The van der Waals surface area contributed by atoms with Gasteiger partial charge in [-0.25, -0.2) is 9.78 Å². The number of nitrogens with zero attached hydrogens (tertiary/aromatic N) is 2. The van der Waals surface area contributed by atoms with Gasteiger partial charge in [-0.2, -0.15) is 0 Å². The molecule has 0 fully saturated rings. The van der Waals surface area contributed by atoms with Gasteiger partial charge in [-0.05, 0) is 39.6 Å². The summed E-state index contributed by atoms with van der Waals surface area (Å²) in [5.41, 5.74) is 0.859. The fraction of sp³-hybridized carbons (Fsp3) is 0.500. The van der Waals surface area contributed by atoms with Crippen molar-refractivity contribution in [3.05, 3.63) is 23.4 Å². The molecule has 1 aromatic rings. The topological polar surface area (TPSA) is 62.7 Å². The van der Waals surface area contributed by atoms with E-state index in [0.29, 0.717) is 6.61 Å². The Hall–Kier alpha value is -1.62. The highest BCUT2D eigenvalue weighted by atomic mass is 16.5. The third-order valence-corrected chi connectivity index (χ3v) is 2.22. The van der Waals surface area contributed by atoms with Crippen molar-refractivity contribution in [2.75, 3.05) is 27.2 Å². The van der Waals surface area contributed by atoms with Crippen LogP contribution in [0, 0.1) is 6.92 Å². The van der Waals surface area contributed by atoms with Crippen molar-refractivity contribution >= 4 is 5.97 Å². The molecule has 1 rings (SSSR count). The van der Waals surface area contributed by atoms with Crippen LogP contribution in [0.3, 0.4) is 0 Å². The molecule has 0 aromatic carbocycles. The molecule has 1 N–H and O–H groups in total. The summed E-state index contributed by atoms with van der Waals surface area (Å²) in [6, 6.07) is 3.18. The van der Waals surface area contributed by atoms with Gasteiger partial charge in [0.1, 0.15) is 5.56 Å². The molecule has 0 aliphatic heterocycles. The lowest BCUT2D eigenvalue weighted by Crippen LogP contribution is -2.16. The van der Waals surface area contributed by atoms with E-state index < -0.39 is 5.97 Å². The van der Waals surface area contributed by atoms with Crippen molar-refractivity contribution in [3.8, 4) is 5.88 Å². The van der Waals surface area contributed by atoms with Gasteiger partial charge in [-0.15, -0.1) is 0 Å². The summed E-state index contributed by atoms with van der Waals surface area (Å²) in [6.45, 7) is 3.17. The molecule has 0 unspecified atom stereocenters. The normalized spacial score (nSPS) is 10.6. The molecule has 17 heavy (non-hydrogen) atoms. The predicted molar refractivity (Wildman–Crippen MR) is 64.6 cm³/mol. The quantitative estimate of drug-likeness (QED) is 0.759. The van der Waals surface area contributed by atoms with Gasteiger partial charge in [0.15, 0.2) is 0 Å². The van der Waals surface area contributed by atoms with Gasteiger partial charge in [0.25, 0.3) is 0 Å². The zero-order valence-electron chi connectivity index (χ0n) is 10.4. The summed E-state index contributed by atoms with van der Waals surface area (Å²) in [7, 11) is 3.96. The average Bonchev–Trinajstić information content (AvgIpc) is 2.23. The van der Waals surface area contributed by atoms with Crippen molar-refractivity contribution in [1.82, 2.24) is 9.88 Å². The maximum Gasteiger partial charge on any atom is 0.341 e. The number of aryl methyl sites for hydroxylation is 1. The third kappa shape index (κ3) is 4.40. The zero-order chi connectivity index (χ0) is 12.8.